The zero-order valence-electron chi connectivity index (χ0n) is 32.4. The van der Waals surface area contributed by atoms with Gasteiger partial charge < -0.3 is 32.8 Å². The molecule has 1 fully saturated rings. The number of esters is 3. The summed E-state index contributed by atoms with van der Waals surface area (Å²) < 4.78 is 43.7. The van der Waals surface area contributed by atoms with E-state index in [9.17, 15) is 14.4 Å². The molecule has 0 aromatic heterocycles. The highest BCUT2D eigenvalue weighted by Gasteiger charge is 2.54. The molecular weight excluding hydrogens is 705 g/mol. The minimum Gasteiger partial charge on any atom is -0.497 e. The average Bonchev–Trinajstić information content (AvgIpc) is 3.13. The number of methoxy groups -OCH3 is 1. The standard InChI is InChI=1S/C43H50O10Si/c1-27-10-16-30(17-11-27)39(44)51-36-35(26-48-54(8,9)43(4,5)6)50-42(49-34-24-22-33(47-7)23-25-34)38(53-41(46)32-20-14-29(3)15-21-32)37(36)52-40(45)31-18-12-28(2)13-19-31/h10-25,35-38,42H,26H2,1-9H3/t35-,36-,37+,38-,42-/m1/s1. The van der Waals surface area contributed by atoms with Crippen molar-refractivity contribution in [1.82, 2.24) is 0 Å². The number of hydrogen-bond acceptors (Lipinski definition) is 10. The molecular formula is C43H50O10Si. The molecule has 54 heavy (non-hydrogen) atoms. The third-order valence-electron chi connectivity index (χ3n) is 9.91. The smallest absolute Gasteiger partial charge is 0.338 e. The number of hydrogen-bond donors (Lipinski definition) is 0. The Hall–Kier alpha value is -4.97. The van der Waals surface area contributed by atoms with Crippen molar-refractivity contribution in [3.05, 3.63) is 130 Å². The number of ether oxygens (including phenoxy) is 6. The summed E-state index contributed by atoms with van der Waals surface area (Å²) in [6.45, 7) is 16.2. The van der Waals surface area contributed by atoms with Crippen molar-refractivity contribution in [3.63, 3.8) is 0 Å². The minimum atomic E-state index is -2.41. The second-order valence-electron chi connectivity index (χ2n) is 15.1. The van der Waals surface area contributed by atoms with Crippen LogP contribution in [-0.4, -0.2) is 70.6 Å². The molecule has 1 aliphatic heterocycles. The summed E-state index contributed by atoms with van der Waals surface area (Å²) in [7, 11) is -0.853. The maximum atomic E-state index is 14.0. The van der Waals surface area contributed by atoms with Crippen LogP contribution in [0.5, 0.6) is 11.5 Å². The number of aryl methyl sites for hydroxylation is 3. The number of benzene rings is 4. The summed E-state index contributed by atoms with van der Waals surface area (Å²) >= 11 is 0. The molecule has 0 N–H and O–H groups in total. The molecule has 0 aliphatic carbocycles. The molecule has 4 aromatic rings. The van der Waals surface area contributed by atoms with Crippen molar-refractivity contribution >= 4 is 26.2 Å². The van der Waals surface area contributed by atoms with E-state index in [4.69, 9.17) is 32.8 Å². The van der Waals surface area contributed by atoms with Gasteiger partial charge in [0, 0.05) is 0 Å². The van der Waals surface area contributed by atoms with Crippen LogP contribution in [0.3, 0.4) is 0 Å². The molecule has 11 heteroatoms. The van der Waals surface area contributed by atoms with E-state index >= 15 is 0 Å². The predicted octanol–water partition coefficient (Wildman–Crippen LogP) is 8.42. The summed E-state index contributed by atoms with van der Waals surface area (Å²) in [6, 6.07) is 27.4. The molecule has 5 rings (SSSR count). The molecule has 0 spiro atoms. The lowest BCUT2D eigenvalue weighted by Gasteiger charge is -2.45. The van der Waals surface area contributed by atoms with Crippen LogP contribution in [0.4, 0.5) is 0 Å². The van der Waals surface area contributed by atoms with Gasteiger partial charge in [0.2, 0.25) is 12.4 Å². The highest BCUT2D eigenvalue weighted by molar-refractivity contribution is 6.74. The third-order valence-corrected chi connectivity index (χ3v) is 14.4. The van der Waals surface area contributed by atoms with Crippen LogP contribution in [0.25, 0.3) is 0 Å². The first-order valence-electron chi connectivity index (χ1n) is 18.0. The molecule has 0 unspecified atom stereocenters. The van der Waals surface area contributed by atoms with Crippen molar-refractivity contribution in [3.8, 4) is 11.5 Å². The maximum absolute atomic E-state index is 14.0. The van der Waals surface area contributed by atoms with Gasteiger partial charge in [0.1, 0.15) is 17.6 Å². The highest BCUT2D eigenvalue weighted by Crippen LogP contribution is 2.38. The van der Waals surface area contributed by atoms with Gasteiger partial charge >= 0.3 is 17.9 Å². The summed E-state index contributed by atoms with van der Waals surface area (Å²) in [4.78, 5) is 41.7. The molecule has 5 atom stereocenters. The van der Waals surface area contributed by atoms with Gasteiger partial charge in [-0.1, -0.05) is 73.9 Å². The first-order valence-corrected chi connectivity index (χ1v) is 20.9. The molecule has 0 saturated carbocycles. The van der Waals surface area contributed by atoms with E-state index in [1.807, 2.05) is 20.8 Å². The minimum absolute atomic E-state index is 0.0397. The van der Waals surface area contributed by atoms with Crippen molar-refractivity contribution in [2.45, 2.75) is 90.4 Å². The lowest BCUT2D eigenvalue weighted by Crippen LogP contribution is -2.64. The van der Waals surface area contributed by atoms with Crippen LogP contribution in [0.15, 0.2) is 97.1 Å². The van der Waals surface area contributed by atoms with Crippen LogP contribution in [0.2, 0.25) is 18.1 Å². The lowest BCUT2D eigenvalue weighted by molar-refractivity contribution is -0.274. The van der Waals surface area contributed by atoms with Gasteiger partial charge in [0.15, 0.2) is 20.5 Å². The van der Waals surface area contributed by atoms with Gasteiger partial charge in [-0.05, 0) is 99.6 Å². The number of carbonyl (C=O) groups is 3. The average molecular weight is 755 g/mol. The predicted molar refractivity (Wildman–Crippen MR) is 207 cm³/mol. The van der Waals surface area contributed by atoms with Crippen molar-refractivity contribution in [2.75, 3.05) is 13.7 Å². The molecule has 1 saturated heterocycles. The molecule has 0 radical (unpaired) electrons. The van der Waals surface area contributed by atoms with Crippen LogP contribution >= 0.6 is 0 Å². The lowest BCUT2D eigenvalue weighted by atomic mass is 9.97. The maximum Gasteiger partial charge on any atom is 0.338 e. The van der Waals surface area contributed by atoms with Gasteiger partial charge in [-0.3, -0.25) is 0 Å². The quantitative estimate of drug-likeness (QED) is 0.0793. The molecule has 0 amide bonds. The Morgan fingerprint density at radius 1 is 0.593 bits per heavy atom. The third kappa shape index (κ3) is 9.96. The van der Waals surface area contributed by atoms with Gasteiger partial charge in [0.05, 0.1) is 30.4 Å². The molecule has 1 aliphatic rings. The normalized spacial score (nSPS) is 20.1. The zero-order valence-corrected chi connectivity index (χ0v) is 33.4. The number of rotatable bonds is 12. The fourth-order valence-corrected chi connectivity index (χ4v) is 6.46. The number of carbonyl (C=O) groups excluding carboxylic acids is 3. The summed E-state index contributed by atoms with van der Waals surface area (Å²) in [5.41, 5.74) is 3.64. The Labute approximate surface area is 318 Å². The molecule has 10 nitrogen and oxygen atoms in total. The van der Waals surface area contributed by atoms with Crippen LogP contribution in [-0.2, 0) is 23.4 Å². The largest absolute Gasteiger partial charge is 0.497 e. The van der Waals surface area contributed by atoms with Crippen molar-refractivity contribution < 1.29 is 47.2 Å². The molecule has 0 bridgehead atoms. The Bertz CT molecular complexity index is 1880. The first kappa shape index (κ1) is 40.2. The molecule has 1 heterocycles. The van der Waals surface area contributed by atoms with E-state index in [0.29, 0.717) is 11.5 Å². The topological polar surface area (TPSA) is 116 Å². The van der Waals surface area contributed by atoms with Crippen molar-refractivity contribution in [2.24, 2.45) is 0 Å². The van der Waals surface area contributed by atoms with Gasteiger partial charge in [-0.2, -0.15) is 0 Å². The van der Waals surface area contributed by atoms with E-state index in [1.54, 1.807) is 104 Å². The molecule has 286 valence electrons. The fourth-order valence-electron chi connectivity index (χ4n) is 5.45. The van der Waals surface area contributed by atoms with Crippen LogP contribution in [0.1, 0.15) is 68.5 Å². The van der Waals surface area contributed by atoms with E-state index in [-0.39, 0.29) is 28.3 Å². The first-order chi connectivity index (χ1) is 25.5. The Morgan fingerprint density at radius 3 is 1.39 bits per heavy atom. The Morgan fingerprint density at radius 2 is 0.981 bits per heavy atom. The monoisotopic (exact) mass is 754 g/mol. The van der Waals surface area contributed by atoms with Gasteiger partial charge in [0.25, 0.3) is 0 Å². The summed E-state index contributed by atoms with van der Waals surface area (Å²) in [5.74, 6) is -1.16. The van der Waals surface area contributed by atoms with E-state index in [2.05, 4.69) is 33.9 Å². The van der Waals surface area contributed by atoms with Crippen LogP contribution in [0, 0.1) is 20.8 Å². The zero-order chi connectivity index (χ0) is 39.2. The van der Waals surface area contributed by atoms with E-state index in [0.717, 1.165) is 16.7 Å². The Kier molecular flexibility index (Phi) is 12.7. The van der Waals surface area contributed by atoms with Gasteiger partial charge in [-0.25, -0.2) is 14.4 Å². The summed E-state index contributed by atoms with van der Waals surface area (Å²) in [5, 5.41) is -0.169. The van der Waals surface area contributed by atoms with E-state index in [1.165, 1.54) is 0 Å². The fraction of sp³-hybridized carbons (Fsp3) is 0.372. The van der Waals surface area contributed by atoms with E-state index < -0.39 is 56.9 Å². The highest BCUT2D eigenvalue weighted by atomic mass is 28.4. The molecule has 4 aromatic carbocycles. The van der Waals surface area contributed by atoms with Crippen LogP contribution < -0.4 is 9.47 Å². The Balaban J connectivity index is 1.62. The second-order valence-corrected chi connectivity index (χ2v) is 19.9. The van der Waals surface area contributed by atoms with Crippen molar-refractivity contribution in [1.29, 1.82) is 0 Å². The summed E-state index contributed by atoms with van der Waals surface area (Å²) in [6.07, 6.45) is -6.50. The second kappa shape index (κ2) is 17.0. The van der Waals surface area contributed by atoms with Gasteiger partial charge in [-0.15, -0.1) is 0 Å². The SMILES string of the molecule is COc1ccc(O[C@@H]2O[C@H](CO[Si](C)(C)C(C)(C)C)[C@@H](OC(=O)c3ccc(C)cc3)[C@H](OC(=O)c3ccc(C)cc3)[C@H]2OC(=O)c2ccc(C)cc2)cc1.